The van der Waals surface area contributed by atoms with Gasteiger partial charge in [-0.3, -0.25) is 10.1 Å². The molecule has 1 saturated heterocycles. The van der Waals surface area contributed by atoms with Crippen LogP contribution in [-0.2, 0) is 10.2 Å². The number of halogens is 1. The molecule has 2 N–H and O–H groups in total. The van der Waals surface area contributed by atoms with Crippen molar-refractivity contribution in [3.63, 3.8) is 0 Å². The summed E-state index contributed by atoms with van der Waals surface area (Å²) in [6, 6.07) is 11.5. The third-order valence-electron chi connectivity index (χ3n) is 4.94. The van der Waals surface area contributed by atoms with Crippen molar-refractivity contribution in [2.45, 2.75) is 44.5 Å². The number of hydrogen-bond acceptors (Lipinski definition) is 5. The van der Waals surface area contributed by atoms with Gasteiger partial charge in [0, 0.05) is 15.8 Å². The van der Waals surface area contributed by atoms with Gasteiger partial charge in [-0.2, -0.15) is 0 Å². The van der Waals surface area contributed by atoms with E-state index in [2.05, 4.69) is 67.1 Å². The number of aliphatic carboxylic acids is 1. The number of aryl methyl sites for hydroxylation is 1. The number of carboxylic acids is 1. The average molecular weight is 494 g/mol. The SMILES string of the molecule is Cc1cccc(C(C)(C)C)c1OCCOc1ccc(Br)cc1C1NC(C(=O)O)CS1. The van der Waals surface area contributed by atoms with Gasteiger partial charge in [-0.25, -0.2) is 0 Å². The van der Waals surface area contributed by atoms with Crippen LogP contribution >= 0.6 is 27.7 Å². The van der Waals surface area contributed by atoms with E-state index in [1.54, 1.807) is 11.8 Å². The van der Waals surface area contributed by atoms with E-state index in [1.165, 1.54) is 5.56 Å². The van der Waals surface area contributed by atoms with Crippen LogP contribution in [0.15, 0.2) is 40.9 Å². The van der Waals surface area contributed by atoms with Gasteiger partial charge in [-0.05, 0) is 41.7 Å². The van der Waals surface area contributed by atoms with Gasteiger partial charge in [0.25, 0.3) is 0 Å². The second-order valence-electron chi connectivity index (χ2n) is 8.35. The molecule has 3 rings (SSSR count). The Morgan fingerprint density at radius 3 is 2.63 bits per heavy atom. The van der Waals surface area contributed by atoms with E-state index in [4.69, 9.17) is 9.47 Å². The largest absolute Gasteiger partial charge is 0.490 e. The maximum absolute atomic E-state index is 11.3. The Hall–Kier alpha value is -1.70. The van der Waals surface area contributed by atoms with Crippen LogP contribution in [0.5, 0.6) is 11.5 Å². The highest BCUT2D eigenvalue weighted by atomic mass is 79.9. The average Bonchev–Trinajstić information content (AvgIpc) is 3.16. The van der Waals surface area contributed by atoms with Crippen LogP contribution in [-0.4, -0.2) is 36.1 Å². The molecule has 0 amide bonds. The summed E-state index contributed by atoms with van der Waals surface area (Å²) in [4.78, 5) is 11.3. The molecule has 2 atom stereocenters. The number of ether oxygens (including phenoxy) is 2. The molecule has 1 aliphatic rings. The van der Waals surface area contributed by atoms with Crippen LogP contribution in [0.25, 0.3) is 0 Å². The van der Waals surface area contributed by atoms with E-state index in [9.17, 15) is 9.90 Å². The van der Waals surface area contributed by atoms with Crippen LogP contribution in [0.3, 0.4) is 0 Å². The van der Waals surface area contributed by atoms with Crippen LogP contribution in [0.1, 0.15) is 42.8 Å². The molecule has 0 bridgehead atoms. The Labute approximate surface area is 190 Å². The molecule has 1 heterocycles. The zero-order valence-corrected chi connectivity index (χ0v) is 20.1. The minimum Gasteiger partial charge on any atom is -0.490 e. The maximum Gasteiger partial charge on any atom is 0.321 e. The van der Waals surface area contributed by atoms with Crippen molar-refractivity contribution in [3.8, 4) is 11.5 Å². The molecule has 5 nitrogen and oxygen atoms in total. The normalized spacial score (nSPS) is 19.0. The van der Waals surface area contributed by atoms with Crippen LogP contribution in [0.2, 0.25) is 0 Å². The molecule has 2 unspecified atom stereocenters. The smallest absolute Gasteiger partial charge is 0.321 e. The van der Waals surface area contributed by atoms with Crippen molar-refractivity contribution in [1.29, 1.82) is 0 Å². The number of hydrogen-bond donors (Lipinski definition) is 2. The third-order valence-corrected chi connectivity index (χ3v) is 6.68. The summed E-state index contributed by atoms with van der Waals surface area (Å²) in [5.74, 6) is 1.35. The predicted molar refractivity (Wildman–Crippen MR) is 125 cm³/mol. The van der Waals surface area contributed by atoms with E-state index in [-0.39, 0.29) is 10.8 Å². The Morgan fingerprint density at radius 2 is 1.97 bits per heavy atom. The van der Waals surface area contributed by atoms with Crippen LogP contribution < -0.4 is 14.8 Å². The summed E-state index contributed by atoms with van der Waals surface area (Å²) in [6.07, 6.45) is 0. The van der Waals surface area contributed by atoms with Gasteiger partial charge < -0.3 is 14.6 Å². The predicted octanol–water partition coefficient (Wildman–Crippen LogP) is 5.30. The highest BCUT2D eigenvalue weighted by Crippen LogP contribution is 2.39. The zero-order chi connectivity index (χ0) is 21.9. The van der Waals surface area contributed by atoms with Crippen molar-refractivity contribution in [2.75, 3.05) is 19.0 Å². The second-order valence-corrected chi connectivity index (χ2v) is 10.4. The Kier molecular flexibility index (Phi) is 7.37. The number of benzene rings is 2. The minimum atomic E-state index is -0.830. The summed E-state index contributed by atoms with van der Waals surface area (Å²) < 4.78 is 13.1. The van der Waals surface area contributed by atoms with E-state index >= 15 is 0 Å². The van der Waals surface area contributed by atoms with E-state index < -0.39 is 12.0 Å². The number of rotatable bonds is 7. The molecule has 2 aromatic carbocycles. The van der Waals surface area contributed by atoms with Gasteiger partial charge in [-0.15, -0.1) is 11.8 Å². The lowest BCUT2D eigenvalue weighted by molar-refractivity contribution is -0.138. The standard InChI is InChI=1S/C23H28BrNO4S/c1-14-6-5-7-17(23(2,3)4)20(14)29-11-10-28-19-9-8-15(24)12-16(19)21-25-18(13-30-21)22(26)27/h5-9,12,18,21,25H,10-11,13H2,1-4H3,(H,26,27). The van der Waals surface area contributed by atoms with Gasteiger partial charge in [-0.1, -0.05) is 54.9 Å². The molecular formula is C23H28BrNO4S. The first kappa shape index (κ1) is 23.0. The number of thioether (sulfide) groups is 1. The fraction of sp³-hybridized carbons (Fsp3) is 0.435. The lowest BCUT2D eigenvalue weighted by Gasteiger charge is -2.24. The van der Waals surface area contributed by atoms with Crippen molar-refractivity contribution in [2.24, 2.45) is 0 Å². The number of para-hydroxylation sites is 1. The van der Waals surface area contributed by atoms with Gasteiger partial charge in [0.1, 0.15) is 30.8 Å². The molecule has 0 saturated carbocycles. The fourth-order valence-electron chi connectivity index (χ4n) is 3.38. The number of carboxylic acid groups (broad SMARTS) is 1. The summed E-state index contributed by atoms with van der Waals surface area (Å²) in [6.45, 7) is 9.40. The molecule has 1 fully saturated rings. The van der Waals surface area contributed by atoms with Crippen LogP contribution in [0, 0.1) is 6.92 Å². The summed E-state index contributed by atoms with van der Waals surface area (Å²) in [7, 11) is 0. The van der Waals surface area contributed by atoms with E-state index in [0.717, 1.165) is 27.1 Å². The lowest BCUT2D eigenvalue weighted by atomic mass is 9.85. The van der Waals surface area contributed by atoms with Crippen molar-refractivity contribution in [1.82, 2.24) is 5.32 Å². The van der Waals surface area contributed by atoms with Crippen molar-refractivity contribution >= 4 is 33.7 Å². The van der Waals surface area contributed by atoms with Gasteiger partial charge in [0.15, 0.2) is 0 Å². The van der Waals surface area contributed by atoms with Crippen molar-refractivity contribution < 1.29 is 19.4 Å². The molecule has 30 heavy (non-hydrogen) atoms. The Morgan fingerprint density at radius 1 is 1.23 bits per heavy atom. The first-order valence-corrected chi connectivity index (χ1v) is 11.8. The first-order valence-electron chi connectivity index (χ1n) is 9.92. The van der Waals surface area contributed by atoms with Crippen molar-refractivity contribution in [3.05, 3.63) is 57.6 Å². The molecule has 0 radical (unpaired) electrons. The van der Waals surface area contributed by atoms with Gasteiger partial charge in [0.05, 0.1) is 5.37 Å². The zero-order valence-electron chi connectivity index (χ0n) is 17.7. The molecule has 0 aromatic heterocycles. The summed E-state index contributed by atoms with van der Waals surface area (Å²) in [5, 5.41) is 12.3. The first-order chi connectivity index (χ1) is 14.2. The monoisotopic (exact) mass is 493 g/mol. The molecule has 7 heteroatoms. The number of nitrogens with one attached hydrogen (secondary N) is 1. The summed E-state index contributed by atoms with van der Waals surface area (Å²) >= 11 is 5.07. The topological polar surface area (TPSA) is 67.8 Å². The lowest BCUT2D eigenvalue weighted by Crippen LogP contribution is -2.33. The quantitative estimate of drug-likeness (QED) is 0.510. The second kappa shape index (κ2) is 9.62. The molecular weight excluding hydrogens is 466 g/mol. The maximum atomic E-state index is 11.3. The molecule has 0 spiro atoms. The van der Waals surface area contributed by atoms with Gasteiger partial charge >= 0.3 is 5.97 Å². The highest BCUT2D eigenvalue weighted by molar-refractivity contribution is 9.10. The fourth-order valence-corrected chi connectivity index (χ4v) is 5.01. The molecule has 2 aromatic rings. The minimum absolute atomic E-state index is 0.00681. The molecule has 162 valence electrons. The van der Waals surface area contributed by atoms with E-state index in [0.29, 0.717) is 19.0 Å². The summed E-state index contributed by atoms with van der Waals surface area (Å²) in [5.41, 5.74) is 3.22. The Balaban J connectivity index is 1.66. The van der Waals surface area contributed by atoms with E-state index in [1.807, 2.05) is 18.2 Å². The molecule has 0 aliphatic carbocycles. The molecule has 1 aliphatic heterocycles. The van der Waals surface area contributed by atoms with Crippen LogP contribution in [0.4, 0.5) is 0 Å². The third kappa shape index (κ3) is 5.50. The number of carbonyl (C=O) groups is 1. The Bertz CT molecular complexity index is 913. The highest BCUT2D eigenvalue weighted by Gasteiger charge is 2.32. The van der Waals surface area contributed by atoms with Gasteiger partial charge in [0.2, 0.25) is 0 Å².